The maximum atomic E-state index is 2.50. The average molecular weight is 575 g/mol. The second kappa shape index (κ2) is 23.1. The molecule has 32 heavy (non-hydrogen) atoms. The summed E-state index contributed by atoms with van der Waals surface area (Å²) in [5.41, 5.74) is 0. The number of hydrogen-bond donors (Lipinski definition) is 0. The van der Waals surface area contributed by atoms with Crippen LogP contribution in [0.5, 0.6) is 0 Å². The van der Waals surface area contributed by atoms with Gasteiger partial charge >= 0.3 is 0 Å². The Labute approximate surface area is 220 Å². The maximum Gasteiger partial charge on any atom is 0.0939 e. The van der Waals surface area contributed by atoms with Crippen molar-refractivity contribution in [3.63, 3.8) is 0 Å². The van der Waals surface area contributed by atoms with Crippen molar-refractivity contribution in [1.82, 2.24) is 0 Å². The maximum absolute atomic E-state index is 2.50. The smallest absolute Gasteiger partial charge is 0.0939 e. The Kier molecular flexibility index (Phi) is 23.4. The van der Waals surface area contributed by atoms with Gasteiger partial charge in [-0.05, 0) is 50.7 Å². The quantitative estimate of drug-likeness (QED) is 0.0769. The van der Waals surface area contributed by atoms with Gasteiger partial charge in [0, 0.05) is 7.26 Å². The molecular weight excluding hydrogens is 518 g/mol. The summed E-state index contributed by atoms with van der Waals surface area (Å²) in [4.78, 5) is 0. The normalized spacial score (nSPS) is 11.5. The molecule has 0 saturated carbocycles. The van der Waals surface area contributed by atoms with E-state index in [1.54, 1.807) is 5.30 Å². The molecular formula is C30H56IP. The van der Waals surface area contributed by atoms with E-state index in [9.17, 15) is 0 Å². The van der Waals surface area contributed by atoms with Crippen molar-refractivity contribution in [2.75, 3.05) is 18.5 Å². The average Bonchev–Trinajstić information content (AvgIpc) is 2.80. The van der Waals surface area contributed by atoms with E-state index in [4.69, 9.17) is 0 Å². The van der Waals surface area contributed by atoms with Crippen LogP contribution in [0, 0.1) is 0 Å². The summed E-state index contributed by atoms with van der Waals surface area (Å²) in [5.74, 6) is 0. The fourth-order valence-corrected chi connectivity index (χ4v) is 9.79. The number of halogens is 1. The lowest BCUT2D eigenvalue weighted by atomic mass is 10.1. The van der Waals surface area contributed by atoms with Gasteiger partial charge in [0.15, 0.2) is 0 Å². The lowest BCUT2D eigenvalue weighted by Crippen LogP contribution is -3.00. The largest absolute Gasteiger partial charge is 1.00 e. The summed E-state index contributed by atoms with van der Waals surface area (Å²) in [6, 6.07) is 11.8. The summed E-state index contributed by atoms with van der Waals surface area (Å²) < 4.78 is 0. The first-order valence-corrected chi connectivity index (χ1v) is 16.5. The lowest BCUT2D eigenvalue weighted by molar-refractivity contribution is -0.00000684. The molecule has 1 rings (SSSR count). The van der Waals surface area contributed by atoms with Crippen LogP contribution in [0.1, 0.15) is 136 Å². The first-order chi connectivity index (χ1) is 15.3. The third-order valence-electron chi connectivity index (χ3n) is 7.12. The third kappa shape index (κ3) is 15.3. The van der Waals surface area contributed by atoms with Crippen LogP contribution in [0.25, 0.3) is 0 Å². The molecule has 0 aliphatic rings. The molecule has 0 bridgehead atoms. The SMILES string of the molecule is CCCCCCCC[P+](CCCCCCCC)(CCCCCCCC)c1ccccc1.[I-]. The predicted octanol–water partition coefficient (Wildman–Crippen LogP) is 7.42. The van der Waals surface area contributed by atoms with Crippen LogP contribution < -0.4 is 29.3 Å². The van der Waals surface area contributed by atoms with Gasteiger partial charge in [-0.1, -0.05) is 116 Å². The molecule has 0 aromatic heterocycles. The number of benzene rings is 1. The molecule has 0 radical (unpaired) electrons. The summed E-state index contributed by atoms with van der Waals surface area (Å²) in [7, 11) is -1.02. The van der Waals surface area contributed by atoms with E-state index >= 15 is 0 Å². The van der Waals surface area contributed by atoms with Crippen LogP contribution in [0.4, 0.5) is 0 Å². The van der Waals surface area contributed by atoms with Crippen molar-refractivity contribution in [2.45, 2.75) is 136 Å². The molecule has 1 aromatic rings. The highest BCUT2D eigenvalue weighted by atomic mass is 127. The second-order valence-corrected chi connectivity index (χ2v) is 14.1. The fraction of sp³-hybridized carbons (Fsp3) is 0.800. The van der Waals surface area contributed by atoms with E-state index in [1.165, 1.54) is 134 Å². The number of unbranched alkanes of at least 4 members (excludes halogenated alkanes) is 15. The Morgan fingerprint density at radius 3 is 1.09 bits per heavy atom. The zero-order valence-corrected chi connectivity index (χ0v) is 25.1. The first kappa shape index (κ1) is 32.4. The van der Waals surface area contributed by atoms with Crippen LogP contribution in [0.3, 0.4) is 0 Å². The summed E-state index contributed by atoms with van der Waals surface area (Å²) in [5, 5.41) is 1.76. The molecule has 0 amide bonds. The van der Waals surface area contributed by atoms with Crippen molar-refractivity contribution in [2.24, 2.45) is 0 Å². The van der Waals surface area contributed by atoms with Crippen LogP contribution in [-0.4, -0.2) is 18.5 Å². The minimum absolute atomic E-state index is 0. The standard InChI is InChI=1S/C30H56P.HI/c1-4-7-10-13-16-22-27-31(30-25-20-19-21-26-30,28-23-17-14-11-8-5-2)29-24-18-15-12-9-6-3;/h19-21,25-26H,4-18,22-24,27-29H2,1-3H3;1H/q+1;/p-1. The topological polar surface area (TPSA) is 0 Å². The van der Waals surface area contributed by atoms with Gasteiger partial charge < -0.3 is 24.0 Å². The van der Waals surface area contributed by atoms with Gasteiger partial charge in [0.05, 0.1) is 23.8 Å². The number of rotatable bonds is 22. The van der Waals surface area contributed by atoms with Crippen molar-refractivity contribution in [1.29, 1.82) is 0 Å². The molecule has 0 fully saturated rings. The molecule has 0 unspecified atom stereocenters. The van der Waals surface area contributed by atoms with Crippen molar-refractivity contribution in [3.8, 4) is 0 Å². The molecule has 0 heterocycles. The van der Waals surface area contributed by atoms with Gasteiger partial charge in [0.2, 0.25) is 0 Å². The highest BCUT2D eigenvalue weighted by molar-refractivity contribution is 7.82. The third-order valence-corrected chi connectivity index (χ3v) is 12.0. The van der Waals surface area contributed by atoms with Crippen molar-refractivity contribution in [3.05, 3.63) is 30.3 Å². The highest BCUT2D eigenvalue weighted by Crippen LogP contribution is 2.59. The van der Waals surface area contributed by atoms with E-state index in [2.05, 4.69) is 51.1 Å². The van der Waals surface area contributed by atoms with E-state index in [-0.39, 0.29) is 24.0 Å². The van der Waals surface area contributed by atoms with Gasteiger partial charge in [-0.3, -0.25) is 0 Å². The van der Waals surface area contributed by atoms with Crippen LogP contribution >= 0.6 is 7.26 Å². The zero-order valence-electron chi connectivity index (χ0n) is 22.1. The molecule has 0 nitrogen and oxygen atoms in total. The zero-order chi connectivity index (χ0) is 22.5. The van der Waals surface area contributed by atoms with Gasteiger partial charge in [-0.2, -0.15) is 0 Å². The van der Waals surface area contributed by atoms with Crippen LogP contribution in [0.2, 0.25) is 0 Å². The van der Waals surface area contributed by atoms with Crippen LogP contribution in [0.15, 0.2) is 30.3 Å². The minimum Gasteiger partial charge on any atom is -1.00 e. The predicted molar refractivity (Wildman–Crippen MR) is 148 cm³/mol. The van der Waals surface area contributed by atoms with Gasteiger partial charge in [0.25, 0.3) is 0 Å². The lowest BCUT2D eigenvalue weighted by Gasteiger charge is -2.28. The fourth-order valence-electron chi connectivity index (χ4n) is 5.05. The molecule has 0 spiro atoms. The molecule has 0 aliphatic heterocycles. The van der Waals surface area contributed by atoms with Gasteiger partial charge in [0.1, 0.15) is 0 Å². The van der Waals surface area contributed by atoms with Crippen LogP contribution in [-0.2, 0) is 0 Å². The molecule has 0 saturated heterocycles. The molecule has 2 heteroatoms. The molecule has 0 aliphatic carbocycles. The van der Waals surface area contributed by atoms with E-state index < -0.39 is 7.26 Å². The molecule has 0 atom stereocenters. The summed E-state index contributed by atoms with van der Waals surface area (Å²) in [6.07, 6.45) is 30.4. The monoisotopic (exact) mass is 574 g/mol. The Morgan fingerprint density at radius 2 is 0.750 bits per heavy atom. The van der Waals surface area contributed by atoms with E-state index in [0.717, 1.165) is 0 Å². The highest BCUT2D eigenvalue weighted by Gasteiger charge is 2.38. The van der Waals surface area contributed by atoms with Gasteiger partial charge in [-0.25, -0.2) is 0 Å². The van der Waals surface area contributed by atoms with E-state index in [0.29, 0.717) is 0 Å². The van der Waals surface area contributed by atoms with Crippen molar-refractivity contribution >= 4 is 12.6 Å². The number of hydrogen-bond acceptors (Lipinski definition) is 0. The summed E-state index contributed by atoms with van der Waals surface area (Å²) >= 11 is 0. The second-order valence-electron chi connectivity index (χ2n) is 9.95. The van der Waals surface area contributed by atoms with E-state index in [1.807, 2.05) is 0 Å². The Balaban J connectivity index is 0.00000961. The molecule has 188 valence electrons. The summed E-state index contributed by atoms with van der Waals surface area (Å²) in [6.45, 7) is 6.98. The minimum atomic E-state index is -1.02. The Morgan fingerprint density at radius 1 is 0.438 bits per heavy atom. The molecule has 0 N–H and O–H groups in total. The first-order valence-electron chi connectivity index (χ1n) is 14.2. The Bertz CT molecular complexity index is 446. The molecule has 1 aromatic carbocycles. The van der Waals surface area contributed by atoms with Crippen molar-refractivity contribution < 1.29 is 24.0 Å². The van der Waals surface area contributed by atoms with Gasteiger partial charge in [-0.15, -0.1) is 0 Å². The Hall–Kier alpha value is 0.380.